The van der Waals surface area contributed by atoms with Crippen molar-refractivity contribution in [3.63, 3.8) is 0 Å². The van der Waals surface area contributed by atoms with E-state index in [0.717, 1.165) is 24.5 Å². The van der Waals surface area contributed by atoms with Crippen LogP contribution in [0.5, 0.6) is 0 Å². The monoisotopic (exact) mass is 552 g/mol. The van der Waals surface area contributed by atoms with Gasteiger partial charge in [0.15, 0.2) is 5.96 Å². The predicted molar refractivity (Wildman–Crippen MR) is 130 cm³/mol. The van der Waals surface area contributed by atoms with E-state index in [0.29, 0.717) is 13.2 Å². The fourth-order valence-corrected chi connectivity index (χ4v) is 4.26. The van der Waals surface area contributed by atoms with Crippen LogP contribution >= 0.6 is 35.3 Å². The fraction of sp³-hybridized carbons (Fsp3) is 0.421. The highest BCUT2D eigenvalue weighted by Gasteiger charge is 2.13. The van der Waals surface area contributed by atoms with Gasteiger partial charge in [-0.2, -0.15) is 0 Å². The summed E-state index contributed by atoms with van der Waals surface area (Å²) in [5.41, 5.74) is 0.976. The van der Waals surface area contributed by atoms with E-state index >= 15 is 0 Å². The molecule has 7 nitrogen and oxygen atoms in total. The van der Waals surface area contributed by atoms with Crippen LogP contribution in [0.2, 0.25) is 0 Å². The number of nitrogens with zero attached hydrogens (tertiary/aromatic N) is 2. The van der Waals surface area contributed by atoms with Gasteiger partial charge in [-0.1, -0.05) is 18.2 Å². The van der Waals surface area contributed by atoms with Crippen molar-refractivity contribution in [3.8, 4) is 0 Å². The van der Waals surface area contributed by atoms with Crippen molar-refractivity contribution in [3.05, 3.63) is 52.2 Å². The summed E-state index contributed by atoms with van der Waals surface area (Å²) in [6.45, 7) is 2.01. The molecule has 1 aromatic carbocycles. The van der Waals surface area contributed by atoms with E-state index in [1.807, 2.05) is 7.05 Å². The molecule has 0 saturated carbocycles. The second-order valence-electron chi connectivity index (χ2n) is 6.19. The molecule has 0 bridgehead atoms. The van der Waals surface area contributed by atoms with Gasteiger partial charge in [0.05, 0.1) is 11.5 Å². The minimum atomic E-state index is -3.51. The van der Waals surface area contributed by atoms with E-state index in [2.05, 4.69) is 37.4 Å². The first-order valence-corrected chi connectivity index (χ1v) is 11.3. The number of halogens is 1. The maximum atomic E-state index is 12.2. The SMILES string of the molecule is CN=C(NCc1ccc(S(=O)(=O)NCCOC)cc1)N(C)CCc1cccs1.I. The summed E-state index contributed by atoms with van der Waals surface area (Å²) in [6.07, 6.45) is 0.970. The summed E-state index contributed by atoms with van der Waals surface area (Å²) in [4.78, 5) is 7.99. The van der Waals surface area contributed by atoms with Gasteiger partial charge in [0, 0.05) is 45.7 Å². The normalized spacial score (nSPS) is 11.8. The van der Waals surface area contributed by atoms with Crippen LogP contribution in [0.25, 0.3) is 0 Å². The van der Waals surface area contributed by atoms with Crippen molar-refractivity contribution in [1.82, 2.24) is 14.9 Å². The average Bonchev–Trinajstić information content (AvgIpc) is 3.21. The number of likely N-dealkylation sites (N-methyl/N-ethyl adjacent to an activating group) is 1. The third-order valence-electron chi connectivity index (χ3n) is 4.13. The number of hydrogen-bond donors (Lipinski definition) is 2. The molecular formula is C19H29IN4O3S2. The van der Waals surface area contributed by atoms with Crippen LogP contribution in [-0.4, -0.2) is 60.2 Å². The van der Waals surface area contributed by atoms with Crippen LogP contribution < -0.4 is 10.0 Å². The Kier molecular flexibility index (Phi) is 11.7. The second-order valence-corrected chi connectivity index (χ2v) is 8.99. The largest absolute Gasteiger partial charge is 0.383 e. The van der Waals surface area contributed by atoms with Gasteiger partial charge in [-0.05, 0) is 35.6 Å². The van der Waals surface area contributed by atoms with E-state index in [1.165, 1.54) is 12.0 Å². The molecule has 0 amide bonds. The van der Waals surface area contributed by atoms with Crippen LogP contribution in [0.15, 0.2) is 51.7 Å². The maximum Gasteiger partial charge on any atom is 0.240 e. The van der Waals surface area contributed by atoms with Crippen molar-refractivity contribution < 1.29 is 13.2 Å². The molecule has 0 unspecified atom stereocenters. The number of nitrogens with one attached hydrogen (secondary N) is 2. The number of guanidine groups is 1. The second kappa shape index (κ2) is 13.2. The van der Waals surface area contributed by atoms with E-state index in [1.54, 1.807) is 42.6 Å². The summed E-state index contributed by atoms with van der Waals surface area (Å²) in [7, 11) is 1.78. The number of aliphatic imine (C=N–C) groups is 1. The Hall–Kier alpha value is -1.21. The fourth-order valence-electron chi connectivity index (χ4n) is 2.55. The molecule has 2 rings (SSSR count). The molecule has 29 heavy (non-hydrogen) atoms. The quantitative estimate of drug-likeness (QED) is 0.205. The molecule has 1 aromatic heterocycles. The van der Waals surface area contributed by atoms with Gasteiger partial charge in [0.25, 0.3) is 0 Å². The van der Waals surface area contributed by atoms with Gasteiger partial charge < -0.3 is 15.0 Å². The summed E-state index contributed by atoms with van der Waals surface area (Å²) in [6, 6.07) is 11.0. The lowest BCUT2D eigenvalue weighted by Gasteiger charge is -2.22. The van der Waals surface area contributed by atoms with Crippen molar-refractivity contribution >= 4 is 51.3 Å². The molecule has 0 atom stereocenters. The third-order valence-corrected chi connectivity index (χ3v) is 6.54. The summed E-state index contributed by atoms with van der Waals surface area (Å²) >= 11 is 1.76. The zero-order chi connectivity index (χ0) is 20.4. The zero-order valence-electron chi connectivity index (χ0n) is 16.9. The molecule has 0 fully saturated rings. The van der Waals surface area contributed by atoms with Crippen molar-refractivity contribution in [2.75, 3.05) is 40.9 Å². The molecule has 0 saturated heterocycles. The molecule has 2 aromatic rings. The molecule has 0 spiro atoms. The van der Waals surface area contributed by atoms with Crippen molar-refractivity contribution in [2.45, 2.75) is 17.9 Å². The van der Waals surface area contributed by atoms with E-state index in [-0.39, 0.29) is 35.4 Å². The smallest absolute Gasteiger partial charge is 0.240 e. The molecule has 2 N–H and O–H groups in total. The standard InChI is InChI=1S/C19H28N4O3S2.HI/c1-20-19(23(2)12-10-17-5-4-14-27-17)21-15-16-6-8-18(9-7-16)28(24,25)22-11-13-26-3;/h4-9,14,22H,10-13,15H2,1-3H3,(H,20,21);1H. The Labute approximate surface area is 194 Å². The van der Waals surface area contributed by atoms with E-state index in [9.17, 15) is 8.42 Å². The third kappa shape index (κ3) is 8.59. The average molecular weight is 553 g/mol. The number of hydrogen-bond acceptors (Lipinski definition) is 5. The molecular weight excluding hydrogens is 523 g/mol. The molecule has 1 heterocycles. The first-order chi connectivity index (χ1) is 13.5. The number of methoxy groups -OCH3 is 1. The highest BCUT2D eigenvalue weighted by molar-refractivity contribution is 14.0. The first-order valence-electron chi connectivity index (χ1n) is 8.98. The Morgan fingerprint density at radius 3 is 2.55 bits per heavy atom. The first kappa shape index (κ1) is 25.8. The van der Waals surface area contributed by atoms with Crippen LogP contribution in [0, 0.1) is 0 Å². The van der Waals surface area contributed by atoms with Gasteiger partial charge in [0.1, 0.15) is 0 Å². The minimum absolute atomic E-state index is 0. The maximum absolute atomic E-state index is 12.2. The Morgan fingerprint density at radius 2 is 1.97 bits per heavy atom. The van der Waals surface area contributed by atoms with Gasteiger partial charge in [0.2, 0.25) is 10.0 Å². The van der Waals surface area contributed by atoms with E-state index in [4.69, 9.17) is 4.74 Å². The molecule has 10 heteroatoms. The van der Waals surface area contributed by atoms with Crippen LogP contribution in [-0.2, 0) is 27.7 Å². The highest BCUT2D eigenvalue weighted by Crippen LogP contribution is 2.11. The van der Waals surface area contributed by atoms with Gasteiger partial charge >= 0.3 is 0 Å². The number of rotatable bonds is 10. The molecule has 0 aliphatic heterocycles. The van der Waals surface area contributed by atoms with Crippen LogP contribution in [0.1, 0.15) is 10.4 Å². The Bertz CT molecular complexity index is 841. The van der Waals surface area contributed by atoms with Crippen molar-refractivity contribution in [2.24, 2.45) is 4.99 Å². The minimum Gasteiger partial charge on any atom is -0.383 e. The Morgan fingerprint density at radius 1 is 1.24 bits per heavy atom. The number of ether oxygens (including phenoxy) is 1. The summed E-state index contributed by atoms with van der Waals surface area (Å²) in [5.74, 6) is 0.800. The van der Waals surface area contributed by atoms with Crippen LogP contribution in [0.3, 0.4) is 0 Å². The van der Waals surface area contributed by atoms with Crippen molar-refractivity contribution in [1.29, 1.82) is 0 Å². The van der Waals surface area contributed by atoms with Gasteiger partial charge in [-0.25, -0.2) is 13.1 Å². The number of benzene rings is 1. The molecule has 162 valence electrons. The number of sulfonamides is 1. The summed E-state index contributed by atoms with van der Waals surface area (Å²) < 4.78 is 31.7. The Balaban J connectivity index is 0.00000420. The van der Waals surface area contributed by atoms with Crippen LogP contribution in [0.4, 0.5) is 0 Å². The lowest BCUT2D eigenvalue weighted by molar-refractivity contribution is 0.204. The molecule has 0 radical (unpaired) electrons. The predicted octanol–water partition coefficient (Wildman–Crippen LogP) is 2.54. The highest BCUT2D eigenvalue weighted by atomic mass is 127. The molecule has 0 aliphatic rings. The van der Waals surface area contributed by atoms with Gasteiger partial charge in [-0.15, -0.1) is 35.3 Å². The lowest BCUT2D eigenvalue weighted by atomic mass is 10.2. The number of thiophene rings is 1. The van der Waals surface area contributed by atoms with Gasteiger partial charge in [-0.3, -0.25) is 4.99 Å². The zero-order valence-corrected chi connectivity index (χ0v) is 20.9. The summed E-state index contributed by atoms with van der Waals surface area (Å²) in [5, 5.41) is 5.40. The lowest BCUT2D eigenvalue weighted by Crippen LogP contribution is -2.39. The topological polar surface area (TPSA) is 83.0 Å². The molecule has 0 aliphatic carbocycles. The van der Waals surface area contributed by atoms with E-state index < -0.39 is 10.0 Å².